The van der Waals surface area contributed by atoms with Crippen molar-refractivity contribution in [3.63, 3.8) is 0 Å². The van der Waals surface area contributed by atoms with Gasteiger partial charge in [-0.3, -0.25) is 4.79 Å². The lowest BCUT2D eigenvalue weighted by molar-refractivity contribution is 0.102. The number of aromatic nitrogens is 3. The molecule has 0 spiro atoms. The molecule has 0 aliphatic rings. The van der Waals surface area contributed by atoms with Gasteiger partial charge in [0.05, 0.1) is 16.0 Å². The number of halogens is 1. The molecule has 2 aromatic carbocycles. The lowest BCUT2D eigenvalue weighted by Crippen LogP contribution is -2.16. The number of fused-ring (bicyclic) bond motifs is 1. The van der Waals surface area contributed by atoms with Gasteiger partial charge in [0, 0.05) is 41.7 Å². The zero-order chi connectivity index (χ0) is 22.2. The van der Waals surface area contributed by atoms with E-state index in [0.29, 0.717) is 16.3 Å². The first kappa shape index (κ1) is 20.8. The average molecular weight is 456 g/mol. The fourth-order valence-corrected chi connectivity index (χ4v) is 4.39. The van der Waals surface area contributed by atoms with Gasteiger partial charge >= 0.3 is 0 Å². The van der Waals surface area contributed by atoms with Crippen molar-refractivity contribution in [2.24, 2.45) is 7.05 Å². The van der Waals surface area contributed by atoms with Crippen molar-refractivity contribution < 1.29 is 13.2 Å². The van der Waals surface area contributed by atoms with E-state index in [2.05, 4.69) is 20.0 Å². The molecule has 1 amide bonds. The van der Waals surface area contributed by atoms with E-state index in [1.165, 1.54) is 36.7 Å². The van der Waals surface area contributed by atoms with Crippen LogP contribution in [0.15, 0.2) is 66.0 Å². The number of carbonyl (C=O) groups excluding carboxylic acids is 1. The van der Waals surface area contributed by atoms with Crippen LogP contribution in [0.3, 0.4) is 0 Å². The molecule has 0 aliphatic carbocycles. The van der Waals surface area contributed by atoms with E-state index < -0.39 is 10.0 Å². The summed E-state index contributed by atoms with van der Waals surface area (Å²) >= 11 is 6.31. The molecule has 0 bridgehead atoms. The Kier molecular flexibility index (Phi) is 5.38. The second-order valence-electron chi connectivity index (χ2n) is 6.88. The maximum atomic E-state index is 12.9. The third-order valence-corrected chi connectivity index (χ3v) is 6.56. The lowest BCUT2D eigenvalue weighted by Gasteiger charge is -2.11. The molecule has 0 aliphatic heterocycles. The fraction of sp³-hybridized carbons (Fsp3) is 0.0952. The molecular weight excluding hydrogens is 438 g/mol. The van der Waals surface area contributed by atoms with Crippen LogP contribution in [0.1, 0.15) is 15.9 Å². The summed E-state index contributed by atoms with van der Waals surface area (Å²) in [5.74, 6) is -0.372. The quantitative estimate of drug-likeness (QED) is 0.473. The van der Waals surface area contributed by atoms with Crippen molar-refractivity contribution in [2.45, 2.75) is 11.8 Å². The van der Waals surface area contributed by atoms with Crippen LogP contribution in [-0.2, 0) is 17.1 Å². The standard InChI is InChI=1S/C21H18ClN5O3S/c1-13-16-8-11-27(2)19(16)17(12-18(13)22)20(28)25-14-4-6-15(7-5-14)31(29,30)26-21-23-9-3-10-24-21/h3-12H,1-2H3,(H,25,28)(H,23,24,26). The minimum atomic E-state index is -3.86. The number of carbonyl (C=O) groups is 1. The molecule has 0 saturated heterocycles. The molecule has 158 valence electrons. The van der Waals surface area contributed by atoms with Crippen molar-refractivity contribution in [1.29, 1.82) is 0 Å². The predicted octanol–water partition coefficient (Wildman–Crippen LogP) is 3.98. The number of rotatable bonds is 5. The highest BCUT2D eigenvalue weighted by Gasteiger charge is 2.18. The van der Waals surface area contributed by atoms with E-state index in [0.717, 1.165) is 16.5 Å². The smallest absolute Gasteiger partial charge is 0.264 e. The maximum absolute atomic E-state index is 12.9. The molecule has 10 heteroatoms. The second kappa shape index (κ2) is 8.01. The van der Waals surface area contributed by atoms with Crippen molar-refractivity contribution in [1.82, 2.24) is 14.5 Å². The normalized spacial score (nSPS) is 11.5. The summed E-state index contributed by atoms with van der Waals surface area (Å²) in [6.45, 7) is 1.90. The SMILES string of the molecule is Cc1c(Cl)cc(C(=O)Nc2ccc(S(=O)(=O)Nc3ncccn3)cc2)c2c1ccn2C. The highest BCUT2D eigenvalue weighted by atomic mass is 35.5. The molecular formula is C21H18ClN5O3S. The Balaban J connectivity index is 1.57. The first-order valence-corrected chi connectivity index (χ1v) is 11.1. The van der Waals surface area contributed by atoms with Crippen LogP contribution >= 0.6 is 11.6 Å². The third kappa shape index (κ3) is 4.10. The number of nitrogens with one attached hydrogen (secondary N) is 2. The Hall–Kier alpha value is -3.43. The third-order valence-electron chi connectivity index (χ3n) is 4.82. The molecule has 4 aromatic rings. The van der Waals surface area contributed by atoms with Crippen LogP contribution in [0.25, 0.3) is 10.9 Å². The number of sulfonamides is 1. The Morgan fingerprint density at radius 3 is 2.45 bits per heavy atom. The summed E-state index contributed by atoms with van der Waals surface area (Å²) in [6, 6.07) is 10.9. The Morgan fingerprint density at radius 2 is 1.77 bits per heavy atom. The molecule has 2 heterocycles. The highest BCUT2D eigenvalue weighted by Crippen LogP contribution is 2.30. The van der Waals surface area contributed by atoms with Crippen LogP contribution in [0.5, 0.6) is 0 Å². The number of hydrogen-bond acceptors (Lipinski definition) is 5. The fourth-order valence-electron chi connectivity index (χ4n) is 3.22. The van der Waals surface area contributed by atoms with Gasteiger partial charge < -0.3 is 9.88 Å². The number of hydrogen-bond donors (Lipinski definition) is 2. The van der Waals surface area contributed by atoms with Crippen molar-refractivity contribution in [3.05, 3.63) is 77.2 Å². The van der Waals surface area contributed by atoms with Crippen LogP contribution < -0.4 is 10.0 Å². The van der Waals surface area contributed by atoms with Gasteiger partial charge in [0.25, 0.3) is 15.9 Å². The zero-order valence-corrected chi connectivity index (χ0v) is 18.2. The average Bonchev–Trinajstić information content (AvgIpc) is 3.13. The summed E-state index contributed by atoms with van der Waals surface area (Å²) in [5, 5.41) is 4.19. The molecule has 31 heavy (non-hydrogen) atoms. The first-order chi connectivity index (χ1) is 14.8. The summed E-state index contributed by atoms with van der Waals surface area (Å²) in [4.78, 5) is 20.6. The van der Waals surface area contributed by atoms with Gasteiger partial charge in [-0.05, 0) is 55.0 Å². The van der Waals surface area contributed by atoms with Gasteiger partial charge in [0.2, 0.25) is 5.95 Å². The lowest BCUT2D eigenvalue weighted by atomic mass is 10.1. The molecule has 0 fully saturated rings. The molecule has 0 saturated carbocycles. The number of anilines is 2. The van der Waals surface area contributed by atoms with Crippen molar-refractivity contribution in [2.75, 3.05) is 10.0 Å². The van der Waals surface area contributed by atoms with Crippen molar-refractivity contribution in [3.8, 4) is 0 Å². The van der Waals surface area contributed by atoms with E-state index >= 15 is 0 Å². The summed E-state index contributed by atoms with van der Waals surface area (Å²) in [5.41, 5.74) is 2.54. The van der Waals surface area contributed by atoms with Crippen LogP contribution in [0, 0.1) is 6.92 Å². The molecule has 4 rings (SSSR count). The van der Waals surface area contributed by atoms with Gasteiger partial charge in [-0.15, -0.1) is 0 Å². The minimum absolute atomic E-state index is 0.0150. The largest absolute Gasteiger partial charge is 0.350 e. The molecule has 0 unspecified atom stereocenters. The molecule has 8 nitrogen and oxygen atoms in total. The first-order valence-electron chi connectivity index (χ1n) is 9.21. The maximum Gasteiger partial charge on any atom is 0.264 e. The Morgan fingerprint density at radius 1 is 1.10 bits per heavy atom. The van der Waals surface area contributed by atoms with Gasteiger partial charge in [-0.1, -0.05) is 11.6 Å². The second-order valence-corrected chi connectivity index (χ2v) is 8.97. The van der Waals surface area contributed by atoms with Gasteiger partial charge in [-0.2, -0.15) is 0 Å². The van der Waals surface area contributed by atoms with E-state index in [1.54, 1.807) is 12.1 Å². The topological polar surface area (TPSA) is 106 Å². The van der Waals surface area contributed by atoms with Crippen LogP contribution in [0.4, 0.5) is 11.6 Å². The molecule has 0 atom stereocenters. The summed E-state index contributed by atoms with van der Waals surface area (Å²) < 4.78 is 29.1. The van der Waals surface area contributed by atoms with Crippen molar-refractivity contribution >= 4 is 50.1 Å². The monoisotopic (exact) mass is 455 g/mol. The van der Waals surface area contributed by atoms with E-state index in [1.807, 2.05) is 30.8 Å². The number of aryl methyl sites for hydroxylation is 2. The molecule has 0 radical (unpaired) electrons. The van der Waals surface area contributed by atoms with E-state index in [9.17, 15) is 13.2 Å². The predicted molar refractivity (Wildman–Crippen MR) is 120 cm³/mol. The van der Waals surface area contributed by atoms with Gasteiger partial charge in [-0.25, -0.2) is 23.1 Å². The molecule has 2 aromatic heterocycles. The number of nitrogens with zero attached hydrogens (tertiary/aromatic N) is 3. The van der Waals surface area contributed by atoms with Gasteiger partial charge in [0.1, 0.15) is 0 Å². The minimum Gasteiger partial charge on any atom is -0.350 e. The molecule has 2 N–H and O–H groups in total. The Labute approximate surface area is 184 Å². The Bertz CT molecular complexity index is 1380. The van der Waals surface area contributed by atoms with E-state index in [-0.39, 0.29) is 16.8 Å². The number of benzene rings is 2. The summed E-state index contributed by atoms with van der Waals surface area (Å²) in [6.07, 6.45) is 4.74. The summed E-state index contributed by atoms with van der Waals surface area (Å²) in [7, 11) is -2.00. The number of amides is 1. The zero-order valence-electron chi connectivity index (χ0n) is 16.6. The van der Waals surface area contributed by atoms with Gasteiger partial charge in [0.15, 0.2) is 0 Å². The highest BCUT2D eigenvalue weighted by molar-refractivity contribution is 7.92. The van der Waals surface area contributed by atoms with E-state index in [4.69, 9.17) is 11.6 Å². The van der Waals surface area contributed by atoms with Crippen LogP contribution in [-0.4, -0.2) is 28.9 Å². The van der Waals surface area contributed by atoms with Crippen LogP contribution in [0.2, 0.25) is 5.02 Å².